The summed E-state index contributed by atoms with van der Waals surface area (Å²) in [6, 6.07) is 0.349. The molecule has 2 saturated carbocycles. The normalized spacial score (nSPS) is 39.2. The van der Waals surface area contributed by atoms with Crippen LogP contribution in [0.4, 0.5) is 0 Å². The Morgan fingerprint density at radius 1 is 1.42 bits per heavy atom. The van der Waals surface area contributed by atoms with E-state index in [0.29, 0.717) is 12.1 Å². The summed E-state index contributed by atoms with van der Waals surface area (Å²) in [5.41, 5.74) is 6.11. The molecule has 2 heteroatoms. The lowest BCUT2D eigenvalue weighted by Gasteiger charge is -2.49. The van der Waals surface area contributed by atoms with E-state index >= 15 is 0 Å². The molecule has 2 atom stereocenters. The van der Waals surface area contributed by atoms with Crippen LogP contribution >= 0.6 is 0 Å². The molecule has 0 aliphatic heterocycles. The van der Waals surface area contributed by atoms with Crippen molar-refractivity contribution in [3.8, 4) is 0 Å². The number of nitrogens with two attached hydrogens (primary N) is 1. The smallest absolute Gasteiger partial charge is 0.0655 e. The van der Waals surface area contributed by atoms with Crippen molar-refractivity contribution in [3.05, 3.63) is 0 Å². The first-order valence-electron chi connectivity index (χ1n) is 4.98. The molecule has 0 heterocycles. The van der Waals surface area contributed by atoms with Crippen LogP contribution in [-0.4, -0.2) is 18.8 Å². The second-order valence-corrected chi connectivity index (χ2v) is 4.93. The van der Waals surface area contributed by atoms with E-state index in [1.165, 1.54) is 12.8 Å². The molecule has 0 amide bonds. The molecule has 12 heavy (non-hydrogen) atoms. The van der Waals surface area contributed by atoms with Crippen molar-refractivity contribution in [1.82, 2.24) is 0 Å². The minimum atomic E-state index is 0.217. The van der Waals surface area contributed by atoms with Crippen molar-refractivity contribution >= 4 is 0 Å². The molecule has 0 bridgehead atoms. The minimum Gasteiger partial charge on any atom is -0.377 e. The van der Waals surface area contributed by atoms with Crippen LogP contribution in [0.1, 0.15) is 33.1 Å². The molecule has 0 aromatic rings. The molecule has 70 valence electrons. The molecule has 2 aliphatic rings. The zero-order valence-corrected chi connectivity index (χ0v) is 8.05. The van der Waals surface area contributed by atoms with Crippen LogP contribution in [0.25, 0.3) is 0 Å². The lowest BCUT2D eigenvalue weighted by Crippen LogP contribution is -2.59. The number of rotatable bonds is 3. The summed E-state index contributed by atoms with van der Waals surface area (Å²) in [7, 11) is 0. The Bertz CT molecular complexity index is 175. The van der Waals surface area contributed by atoms with Crippen molar-refractivity contribution in [2.45, 2.75) is 45.3 Å². The van der Waals surface area contributed by atoms with Crippen LogP contribution in [-0.2, 0) is 4.74 Å². The fourth-order valence-corrected chi connectivity index (χ4v) is 1.74. The molecule has 2 fully saturated rings. The molecule has 0 saturated heterocycles. The molecule has 2 rings (SSSR count). The highest BCUT2D eigenvalue weighted by Gasteiger charge is 2.47. The van der Waals surface area contributed by atoms with Gasteiger partial charge in [-0.25, -0.2) is 0 Å². The van der Waals surface area contributed by atoms with E-state index in [9.17, 15) is 0 Å². The predicted octanol–water partition coefficient (Wildman–Crippen LogP) is 1.54. The van der Waals surface area contributed by atoms with Crippen LogP contribution in [0, 0.1) is 11.3 Å². The van der Waals surface area contributed by atoms with Crippen molar-refractivity contribution < 1.29 is 4.74 Å². The molecule has 0 aromatic carbocycles. The Balaban J connectivity index is 1.74. The zero-order valence-electron chi connectivity index (χ0n) is 8.05. The van der Waals surface area contributed by atoms with Crippen LogP contribution in [0.3, 0.4) is 0 Å². The average Bonchev–Trinajstić information content (AvgIpc) is 2.80. The second-order valence-electron chi connectivity index (χ2n) is 4.93. The third-order valence-corrected chi connectivity index (χ3v) is 3.48. The topological polar surface area (TPSA) is 35.2 Å². The van der Waals surface area contributed by atoms with Gasteiger partial charge in [0.2, 0.25) is 0 Å². The molecule has 0 aromatic heterocycles. The number of ether oxygens (including phenoxy) is 1. The van der Waals surface area contributed by atoms with Gasteiger partial charge < -0.3 is 10.5 Å². The summed E-state index contributed by atoms with van der Waals surface area (Å²) in [5, 5.41) is 0. The average molecular weight is 169 g/mol. The van der Waals surface area contributed by atoms with E-state index in [2.05, 4.69) is 13.8 Å². The molecule has 2 N–H and O–H groups in total. The van der Waals surface area contributed by atoms with Crippen LogP contribution in [0.5, 0.6) is 0 Å². The first-order valence-corrected chi connectivity index (χ1v) is 4.98. The van der Waals surface area contributed by atoms with Crippen molar-refractivity contribution in [1.29, 1.82) is 0 Å². The largest absolute Gasteiger partial charge is 0.377 e. The Morgan fingerprint density at radius 3 is 2.50 bits per heavy atom. The maximum Gasteiger partial charge on any atom is 0.0655 e. The van der Waals surface area contributed by atoms with Gasteiger partial charge in [0.15, 0.2) is 0 Å². The summed E-state index contributed by atoms with van der Waals surface area (Å²) in [4.78, 5) is 0. The van der Waals surface area contributed by atoms with Gasteiger partial charge in [0, 0.05) is 18.1 Å². The van der Waals surface area contributed by atoms with Crippen molar-refractivity contribution in [2.75, 3.05) is 6.61 Å². The highest BCUT2D eigenvalue weighted by molar-refractivity contribution is 5.01. The second kappa shape index (κ2) is 2.71. The lowest BCUT2D eigenvalue weighted by atomic mass is 9.65. The number of hydrogen-bond donors (Lipinski definition) is 1. The van der Waals surface area contributed by atoms with Gasteiger partial charge in [-0.1, -0.05) is 13.8 Å². The van der Waals surface area contributed by atoms with E-state index in [4.69, 9.17) is 10.5 Å². The van der Waals surface area contributed by atoms with Gasteiger partial charge >= 0.3 is 0 Å². The Morgan fingerprint density at radius 2 is 2.08 bits per heavy atom. The van der Waals surface area contributed by atoms with Crippen LogP contribution < -0.4 is 5.73 Å². The van der Waals surface area contributed by atoms with Gasteiger partial charge in [-0.3, -0.25) is 0 Å². The fourth-order valence-electron chi connectivity index (χ4n) is 1.74. The standard InChI is InChI=1S/C10H19NO/c1-10(2)8(11)5-9(10)12-6-7-3-4-7/h7-9H,3-6,11H2,1-2H3. The van der Waals surface area contributed by atoms with E-state index in [0.717, 1.165) is 18.9 Å². The maximum atomic E-state index is 5.89. The van der Waals surface area contributed by atoms with Gasteiger partial charge in [-0.05, 0) is 25.2 Å². The third kappa shape index (κ3) is 1.38. The molecule has 0 spiro atoms. The van der Waals surface area contributed by atoms with Crippen LogP contribution in [0.15, 0.2) is 0 Å². The molecule has 2 nitrogen and oxygen atoms in total. The first-order chi connectivity index (χ1) is 5.60. The molecular formula is C10H19NO. The Hall–Kier alpha value is -0.0800. The quantitative estimate of drug-likeness (QED) is 0.695. The highest BCUT2D eigenvalue weighted by Crippen LogP contribution is 2.42. The zero-order chi connectivity index (χ0) is 8.77. The van der Waals surface area contributed by atoms with E-state index in [1.54, 1.807) is 0 Å². The highest BCUT2D eigenvalue weighted by atomic mass is 16.5. The van der Waals surface area contributed by atoms with Crippen molar-refractivity contribution in [3.63, 3.8) is 0 Å². The fraction of sp³-hybridized carbons (Fsp3) is 1.00. The SMILES string of the molecule is CC1(C)C(N)CC1OCC1CC1. The van der Waals surface area contributed by atoms with Gasteiger partial charge in [0.25, 0.3) is 0 Å². The van der Waals surface area contributed by atoms with Gasteiger partial charge in [0.1, 0.15) is 0 Å². The Kier molecular flexibility index (Phi) is 1.92. The molecule has 0 radical (unpaired) electrons. The van der Waals surface area contributed by atoms with Gasteiger partial charge in [-0.2, -0.15) is 0 Å². The third-order valence-electron chi connectivity index (χ3n) is 3.48. The summed E-state index contributed by atoms with van der Waals surface area (Å²) in [6.07, 6.45) is 4.23. The first kappa shape index (κ1) is 8.52. The molecule has 2 unspecified atom stereocenters. The summed E-state index contributed by atoms with van der Waals surface area (Å²) in [6.45, 7) is 5.39. The monoisotopic (exact) mass is 169 g/mol. The van der Waals surface area contributed by atoms with E-state index < -0.39 is 0 Å². The minimum absolute atomic E-state index is 0.217. The van der Waals surface area contributed by atoms with Crippen LogP contribution in [0.2, 0.25) is 0 Å². The van der Waals surface area contributed by atoms with E-state index in [-0.39, 0.29) is 5.41 Å². The number of hydrogen-bond acceptors (Lipinski definition) is 2. The molecule has 2 aliphatic carbocycles. The van der Waals surface area contributed by atoms with Gasteiger partial charge in [-0.15, -0.1) is 0 Å². The molecular weight excluding hydrogens is 150 g/mol. The predicted molar refractivity (Wildman–Crippen MR) is 48.8 cm³/mol. The Labute approximate surface area is 74.5 Å². The lowest BCUT2D eigenvalue weighted by molar-refractivity contribution is -0.110. The summed E-state index contributed by atoms with van der Waals surface area (Å²) < 4.78 is 5.81. The van der Waals surface area contributed by atoms with E-state index in [1.807, 2.05) is 0 Å². The maximum absolute atomic E-state index is 5.89. The van der Waals surface area contributed by atoms with Gasteiger partial charge in [0.05, 0.1) is 6.10 Å². The summed E-state index contributed by atoms with van der Waals surface area (Å²) >= 11 is 0. The van der Waals surface area contributed by atoms with Crippen molar-refractivity contribution in [2.24, 2.45) is 17.1 Å². The summed E-state index contributed by atoms with van der Waals surface area (Å²) in [5.74, 6) is 0.873.